The number of nitrogens with two attached hydrogens (primary N) is 1. The number of piperidine rings is 1. The highest BCUT2D eigenvalue weighted by Gasteiger charge is 2.24. The van der Waals surface area contributed by atoms with Crippen molar-refractivity contribution < 1.29 is 10.0 Å². The van der Waals surface area contributed by atoms with E-state index in [0.29, 0.717) is 18.9 Å². The molecule has 1 fully saturated rings. The molecule has 20 heavy (non-hydrogen) atoms. The molecule has 1 unspecified atom stereocenters. The van der Waals surface area contributed by atoms with E-state index in [0.717, 1.165) is 12.8 Å². The first-order valence-corrected chi connectivity index (χ1v) is 6.57. The van der Waals surface area contributed by atoms with E-state index < -0.39 is 4.92 Å². The van der Waals surface area contributed by atoms with Crippen molar-refractivity contribution in [2.45, 2.75) is 25.9 Å². The Morgan fingerprint density at radius 3 is 2.70 bits per heavy atom. The molecule has 0 aliphatic carbocycles. The minimum Gasteiger partial charge on any atom is -0.393 e. The number of nitro groups is 1. The quantitative estimate of drug-likeness (QED) is 0.426. The third-order valence-corrected chi connectivity index (χ3v) is 3.70. The molecule has 8 heteroatoms. The average molecular weight is 281 g/mol. The van der Waals surface area contributed by atoms with Gasteiger partial charge < -0.3 is 15.4 Å². The van der Waals surface area contributed by atoms with Gasteiger partial charge in [0.25, 0.3) is 5.69 Å². The maximum atomic E-state index is 10.9. The fraction of sp³-hybridized carbons (Fsp3) is 0.583. The van der Waals surface area contributed by atoms with E-state index in [2.05, 4.69) is 10.4 Å². The van der Waals surface area contributed by atoms with Gasteiger partial charge in [-0.1, -0.05) is 0 Å². The number of pyridine rings is 1. The van der Waals surface area contributed by atoms with E-state index in [1.165, 1.54) is 12.1 Å². The zero-order valence-electron chi connectivity index (χ0n) is 11.3. The van der Waals surface area contributed by atoms with Crippen molar-refractivity contribution in [3.8, 4) is 0 Å². The molecule has 1 aromatic rings. The smallest absolute Gasteiger partial charge is 0.276 e. The Labute approximate surface area is 116 Å². The van der Waals surface area contributed by atoms with Crippen LogP contribution in [0.15, 0.2) is 12.1 Å². The predicted molar refractivity (Wildman–Crippen MR) is 75.3 cm³/mol. The Kier molecular flexibility index (Phi) is 4.35. The van der Waals surface area contributed by atoms with E-state index in [1.54, 1.807) is 6.92 Å². The lowest BCUT2D eigenvalue weighted by Gasteiger charge is -2.34. The average Bonchev–Trinajstić information content (AvgIpc) is 2.46. The summed E-state index contributed by atoms with van der Waals surface area (Å²) >= 11 is 0. The van der Waals surface area contributed by atoms with Crippen LogP contribution in [-0.2, 0) is 0 Å². The summed E-state index contributed by atoms with van der Waals surface area (Å²) < 4.78 is 0. The van der Waals surface area contributed by atoms with Crippen molar-refractivity contribution >= 4 is 17.3 Å². The second kappa shape index (κ2) is 6.02. The standard InChI is InChI=1S/C12H19N5O3/c1-8(18)9-2-4-16(5-3-9)12-7-10(17(19)20)6-11(14-12)15-13/h6-9,18H,2-5,13H2,1H3,(H,14,15). The summed E-state index contributed by atoms with van der Waals surface area (Å²) in [5, 5.41) is 20.5. The molecule has 0 aromatic carbocycles. The molecule has 8 nitrogen and oxygen atoms in total. The first kappa shape index (κ1) is 14.5. The zero-order valence-corrected chi connectivity index (χ0v) is 11.3. The van der Waals surface area contributed by atoms with Crippen LogP contribution in [-0.4, -0.2) is 34.2 Å². The minimum absolute atomic E-state index is 0.0411. The molecule has 2 rings (SSSR count). The number of aliphatic hydroxyl groups excluding tert-OH is 1. The lowest BCUT2D eigenvalue weighted by Crippen LogP contribution is -2.37. The van der Waals surface area contributed by atoms with Crippen LogP contribution in [0.3, 0.4) is 0 Å². The number of hydrogen-bond donors (Lipinski definition) is 3. The van der Waals surface area contributed by atoms with Crippen molar-refractivity contribution in [2.75, 3.05) is 23.4 Å². The molecule has 1 aliphatic heterocycles. The Balaban J connectivity index is 2.17. The van der Waals surface area contributed by atoms with Gasteiger partial charge in [-0.15, -0.1) is 0 Å². The Morgan fingerprint density at radius 1 is 1.55 bits per heavy atom. The van der Waals surface area contributed by atoms with Gasteiger partial charge in [0.2, 0.25) is 0 Å². The van der Waals surface area contributed by atoms with Gasteiger partial charge in [0.1, 0.15) is 11.6 Å². The molecule has 0 radical (unpaired) electrons. The second-order valence-corrected chi connectivity index (χ2v) is 5.04. The molecule has 110 valence electrons. The van der Waals surface area contributed by atoms with Crippen LogP contribution in [0.25, 0.3) is 0 Å². The van der Waals surface area contributed by atoms with Crippen molar-refractivity contribution in [3.05, 3.63) is 22.2 Å². The molecular weight excluding hydrogens is 262 g/mol. The summed E-state index contributed by atoms with van der Waals surface area (Å²) in [6.07, 6.45) is 1.36. The first-order valence-electron chi connectivity index (χ1n) is 6.57. The summed E-state index contributed by atoms with van der Waals surface area (Å²) in [6.45, 7) is 3.23. The van der Waals surface area contributed by atoms with Gasteiger partial charge >= 0.3 is 0 Å². The normalized spacial score (nSPS) is 17.9. The summed E-state index contributed by atoms with van der Waals surface area (Å²) in [5.41, 5.74) is 2.31. The largest absolute Gasteiger partial charge is 0.393 e. The SMILES string of the molecule is CC(O)C1CCN(c2cc([N+](=O)[O-])cc(NN)n2)CC1. The molecule has 0 bridgehead atoms. The fourth-order valence-corrected chi connectivity index (χ4v) is 2.45. The number of anilines is 2. The molecule has 1 atom stereocenters. The molecule has 1 aromatic heterocycles. The van der Waals surface area contributed by atoms with Crippen molar-refractivity contribution in [3.63, 3.8) is 0 Å². The monoisotopic (exact) mass is 281 g/mol. The van der Waals surface area contributed by atoms with Crippen molar-refractivity contribution in [1.82, 2.24) is 4.98 Å². The Morgan fingerprint density at radius 2 is 2.20 bits per heavy atom. The number of rotatable bonds is 4. The fourth-order valence-electron chi connectivity index (χ4n) is 2.45. The second-order valence-electron chi connectivity index (χ2n) is 5.04. The number of nitrogens with zero attached hydrogens (tertiary/aromatic N) is 3. The van der Waals surface area contributed by atoms with Gasteiger partial charge in [-0.05, 0) is 25.7 Å². The Hall–Kier alpha value is -1.93. The maximum Gasteiger partial charge on any atom is 0.276 e. The van der Waals surface area contributed by atoms with E-state index in [-0.39, 0.29) is 23.5 Å². The highest BCUT2D eigenvalue weighted by Crippen LogP contribution is 2.27. The number of nitrogen functional groups attached to an aromatic ring is 1. The predicted octanol–water partition coefficient (Wildman–Crippen LogP) is 0.873. The van der Waals surface area contributed by atoms with Crippen LogP contribution >= 0.6 is 0 Å². The third kappa shape index (κ3) is 3.14. The van der Waals surface area contributed by atoms with Gasteiger partial charge in [-0.25, -0.2) is 10.8 Å². The third-order valence-electron chi connectivity index (χ3n) is 3.70. The van der Waals surface area contributed by atoms with E-state index in [4.69, 9.17) is 5.84 Å². The number of aliphatic hydroxyl groups is 1. The van der Waals surface area contributed by atoms with Crippen LogP contribution in [0.2, 0.25) is 0 Å². The van der Waals surface area contributed by atoms with Crippen molar-refractivity contribution in [2.24, 2.45) is 11.8 Å². The van der Waals surface area contributed by atoms with Gasteiger partial charge in [-0.3, -0.25) is 10.1 Å². The van der Waals surface area contributed by atoms with Crippen molar-refractivity contribution in [1.29, 1.82) is 0 Å². The molecule has 1 aliphatic rings. The molecule has 0 spiro atoms. The minimum atomic E-state index is -0.464. The summed E-state index contributed by atoms with van der Waals surface area (Å²) in [4.78, 5) is 16.7. The number of nitrogens with one attached hydrogen (secondary N) is 1. The van der Waals surface area contributed by atoms with Crippen LogP contribution in [0.1, 0.15) is 19.8 Å². The van der Waals surface area contributed by atoms with Crippen LogP contribution < -0.4 is 16.2 Å². The highest BCUT2D eigenvalue weighted by atomic mass is 16.6. The van der Waals surface area contributed by atoms with Crippen LogP contribution in [0.4, 0.5) is 17.3 Å². The summed E-state index contributed by atoms with van der Waals surface area (Å²) in [7, 11) is 0. The molecule has 1 saturated heterocycles. The molecule has 4 N–H and O–H groups in total. The van der Waals surface area contributed by atoms with Gasteiger partial charge in [-0.2, -0.15) is 0 Å². The number of aromatic nitrogens is 1. The Bertz CT molecular complexity index is 486. The number of hydrazine groups is 1. The summed E-state index contributed by atoms with van der Waals surface area (Å²) in [6, 6.07) is 2.75. The van der Waals surface area contributed by atoms with Crippen LogP contribution in [0, 0.1) is 16.0 Å². The topological polar surface area (TPSA) is 118 Å². The van der Waals surface area contributed by atoms with Gasteiger partial charge in [0.15, 0.2) is 0 Å². The maximum absolute atomic E-state index is 10.9. The molecule has 0 amide bonds. The highest BCUT2D eigenvalue weighted by molar-refractivity contribution is 5.55. The molecule has 2 heterocycles. The molecule has 0 saturated carbocycles. The first-order chi connectivity index (χ1) is 9.51. The lowest BCUT2D eigenvalue weighted by molar-refractivity contribution is -0.384. The van der Waals surface area contributed by atoms with Crippen LogP contribution in [0.5, 0.6) is 0 Å². The summed E-state index contributed by atoms with van der Waals surface area (Å²) in [5.74, 6) is 6.38. The lowest BCUT2D eigenvalue weighted by atomic mass is 9.92. The van der Waals surface area contributed by atoms with E-state index in [9.17, 15) is 15.2 Å². The van der Waals surface area contributed by atoms with Gasteiger partial charge in [0.05, 0.1) is 23.2 Å². The van der Waals surface area contributed by atoms with E-state index in [1.807, 2.05) is 4.90 Å². The zero-order chi connectivity index (χ0) is 14.7. The van der Waals surface area contributed by atoms with Gasteiger partial charge in [0, 0.05) is 13.1 Å². The van der Waals surface area contributed by atoms with E-state index >= 15 is 0 Å². The molecular formula is C12H19N5O3. The number of hydrogen-bond acceptors (Lipinski definition) is 7.